The van der Waals surface area contributed by atoms with Crippen molar-refractivity contribution in [3.05, 3.63) is 51.1 Å². The van der Waals surface area contributed by atoms with Crippen molar-refractivity contribution >= 4 is 44.8 Å². The quantitative estimate of drug-likeness (QED) is 0.883. The molecular formula is C16H15BrN2O2S. The van der Waals surface area contributed by atoms with Gasteiger partial charge < -0.3 is 10.2 Å². The molecule has 0 aliphatic carbocycles. The lowest BCUT2D eigenvalue weighted by atomic mass is 10.2. The molecule has 2 heterocycles. The van der Waals surface area contributed by atoms with Gasteiger partial charge in [0.25, 0.3) is 5.91 Å². The smallest absolute Gasteiger partial charge is 0.264 e. The normalized spacial score (nSPS) is 17.5. The van der Waals surface area contributed by atoms with Crippen LogP contribution in [-0.4, -0.2) is 29.3 Å². The zero-order valence-corrected chi connectivity index (χ0v) is 14.2. The molecule has 1 N–H and O–H groups in total. The van der Waals surface area contributed by atoms with Gasteiger partial charge in [-0.1, -0.05) is 22.0 Å². The number of likely N-dealkylation sites (tertiary alicyclic amines) is 1. The third-order valence-corrected chi connectivity index (χ3v) is 5.05. The number of halogens is 1. The predicted molar refractivity (Wildman–Crippen MR) is 91.1 cm³/mol. The van der Waals surface area contributed by atoms with E-state index in [4.69, 9.17) is 0 Å². The van der Waals surface area contributed by atoms with Gasteiger partial charge in [-0.2, -0.15) is 0 Å². The first kappa shape index (κ1) is 15.2. The lowest BCUT2D eigenvalue weighted by molar-refractivity contribution is -0.119. The van der Waals surface area contributed by atoms with Crippen molar-refractivity contribution in [1.82, 2.24) is 4.90 Å². The summed E-state index contributed by atoms with van der Waals surface area (Å²) in [5.74, 6) is -0.173. The number of carbonyl (C=O) groups is 2. The fourth-order valence-corrected chi connectivity index (χ4v) is 3.53. The molecule has 1 unspecified atom stereocenters. The standard InChI is InChI=1S/C16H15BrN2O2S/c17-11-5-7-12(8-6-11)18-15(20)13-3-1-9-19(13)16(21)14-4-2-10-22-14/h2,4-8,10,13H,1,3,9H2,(H,18,20). The van der Waals surface area contributed by atoms with Crippen LogP contribution in [0.1, 0.15) is 22.5 Å². The molecule has 22 heavy (non-hydrogen) atoms. The summed E-state index contributed by atoms with van der Waals surface area (Å²) in [5, 5.41) is 4.77. The Hall–Kier alpha value is -1.66. The Bertz CT molecular complexity index is 670. The first-order chi connectivity index (χ1) is 10.6. The maximum absolute atomic E-state index is 12.5. The highest BCUT2D eigenvalue weighted by atomic mass is 79.9. The van der Waals surface area contributed by atoms with Gasteiger partial charge in [-0.05, 0) is 48.6 Å². The van der Waals surface area contributed by atoms with E-state index < -0.39 is 6.04 Å². The third kappa shape index (κ3) is 3.23. The van der Waals surface area contributed by atoms with E-state index in [-0.39, 0.29) is 11.8 Å². The van der Waals surface area contributed by atoms with Crippen LogP contribution in [0.25, 0.3) is 0 Å². The maximum atomic E-state index is 12.5. The van der Waals surface area contributed by atoms with Gasteiger partial charge in [0.1, 0.15) is 6.04 Å². The molecule has 1 atom stereocenters. The zero-order chi connectivity index (χ0) is 15.5. The topological polar surface area (TPSA) is 49.4 Å². The average molecular weight is 379 g/mol. The second-order valence-corrected chi connectivity index (χ2v) is 6.99. The SMILES string of the molecule is O=C(Nc1ccc(Br)cc1)C1CCCN1C(=O)c1cccs1. The van der Waals surface area contributed by atoms with Gasteiger partial charge in [0, 0.05) is 16.7 Å². The fraction of sp³-hybridized carbons (Fsp3) is 0.250. The first-order valence-electron chi connectivity index (χ1n) is 7.06. The molecule has 2 amide bonds. The summed E-state index contributed by atoms with van der Waals surface area (Å²) in [6, 6.07) is 10.7. The number of benzene rings is 1. The van der Waals surface area contributed by atoms with Crippen LogP contribution < -0.4 is 5.32 Å². The Kier molecular flexibility index (Phi) is 4.59. The molecule has 0 radical (unpaired) electrons. The highest BCUT2D eigenvalue weighted by Gasteiger charge is 2.34. The Balaban J connectivity index is 1.71. The van der Waals surface area contributed by atoms with Crippen molar-refractivity contribution in [2.45, 2.75) is 18.9 Å². The number of thiophene rings is 1. The maximum Gasteiger partial charge on any atom is 0.264 e. The summed E-state index contributed by atoms with van der Waals surface area (Å²) in [6.45, 7) is 0.634. The predicted octanol–water partition coefficient (Wildman–Crippen LogP) is 3.75. The van der Waals surface area contributed by atoms with Crippen LogP contribution in [0.3, 0.4) is 0 Å². The number of carbonyl (C=O) groups excluding carboxylic acids is 2. The van der Waals surface area contributed by atoms with Crippen LogP contribution in [0, 0.1) is 0 Å². The van der Waals surface area contributed by atoms with Gasteiger partial charge in [-0.15, -0.1) is 11.3 Å². The summed E-state index contributed by atoms with van der Waals surface area (Å²) in [4.78, 5) is 27.3. The van der Waals surface area contributed by atoms with Crippen LogP contribution in [-0.2, 0) is 4.79 Å². The van der Waals surface area contributed by atoms with Gasteiger partial charge in [0.05, 0.1) is 4.88 Å². The average Bonchev–Trinajstić information content (AvgIpc) is 3.20. The van der Waals surface area contributed by atoms with Crippen LogP contribution in [0.2, 0.25) is 0 Å². The summed E-state index contributed by atoms with van der Waals surface area (Å²) >= 11 is 4.77. The molecule has 3 rings (SSSR count). The molecule has 0 spiro atoms. The molecule has 1 aliphatic heterocycles. The Morgan fingerprint density at radius 3 is 2.68 bits per heavy atom. The number of hydrogen-bond acceptors (Lipinski definition) is 3. The molecule has 0 saturated carbocycles. The van der Waals surface area contributed by atoms with Gasteiger partial charge >= 0.3 is 0 Å². The van der Waals surface area contributed by atoms with E-state index in [2.05, 4.69) is 21.2 Å². The summed E-state index contributed by atoms with van der Waals surface area (Å²) < 4.78 is 0.959. The van der Waals surface area contributed by atoms with Gasteiger partial charge in [-0.25, -0.2) is 0 Å². The lowest BCUT2D eigenvalue weighted by Crippen LogP contribution is -2.42. The highest BCUT2D eigenvalue weighted by molar-refractivity contribution is 9.10. The first-order valence-corrected chi connectivity index (χ1v) is 8.73. The van der Waals surface area contributed by atoms with Crippen molar-refractivity contribution < 1.29 is 9.59 Å². The van der Waals surface area contributed by atoms with Crippen molar-refractivity contribution in [3.63, 3.8) is 0 Å². The zero-order valence-electron chi connectivity index (χ0n) is 11.8. The number of hydrogen-bond donors (Lipinski definition) is 1. The Labute approximate surface area is 141 Å². The van der Waals surface area contributed by atoms with Crippen molar-refractivity contribution in [1.29, 1.82) is 0 Å². The summed E-state index contributed by atoms with van der Waals surface area (Å²) in [7, 11) is 0. The van der Waals surface area contributed by atoms with E-state index >= 15 is 0 Å². The minimum absolute atomic E-state index is 0.0524. The molecular weight excluding hydrogens is 364 g/mol. The largest absolute Gasteiger partial charge is 0.326 e. The molecule has 4 nitrogen and oxygen atoms in total. The molecule has 1 aromatic heterocycles. The lowest BCUT2D eigenvalue weighted by Gasteiger charge is -2.23. The summed E-state index contributed by atoms with van der Waals surface area (Å²) in [5.41, 5.74) is 0.739. The van der Waals surface area contributed by atoms with E-state index in [1.165, 1.54) is 11.3 Å². The van der Waals surface area contributed by atoms with Crippen LogP contribution >= 0.6 is 27.3 Å². The molecule has 6 heteroatoms. The third-order valence-electron chi connectivity index (χ3n) is 3.66. The van der Waals surface area contributed by atoms with Gasteiger partial charge in [-0.3, -0.25) is 9.59 Å². The molecule has 2 aromatic rings. The van der Waals surface area contributed by atoms with Crippen molar-refractivity contribution in [2.75, 3.05) is 11.9 Å². The second kappa shape index (κ2) is 6.62. The minimum atomic E-state index is -0.391. The number of nitrogens with one attached hydrogen (secondary N) is 1. The molecule has 1 fully saturated rings. The van der Waals surface area contributed by atoms with E-state index in [9.17, 15) is 9.59 Å². The summed E-state index contributed by atoms with van der Waals surface area (Å²) in [6.07, 6.45) is 1.56. The van der Waals surface area contributed by atoms with Gasteiger partial charge in [0.15, 0.2) is 0 Å². The number of rotatable bonds is 3. The van der Waals surface area contributed by atoms with Crippen LogP contribution in [0.5, 0.6) is 0 Å². The molecule has 1 aliphatic rings. The number of nitrogens with zero attached hydrogens (tertiary/aromatic N) is 1. The van der Waals surface area contributed by atoms with E-state index in [1.807, 2.05) is 35.7 Å². The number of amides is 2. The van der Waals surface area contributed by atoms with Crippen LogP contribution in [0.15, 0.2) is 46.3 Å². The molecule has 1 aromatic carbocycles. The Morgan fingerprint density at radius 1 is 1.23 bits per heavy atom. The molecule has 0 bridgehead atoms. The second-order valence-electron chi connectivity index (χ2n) is 5.13. The van der Waals surface area contributed by atoms with E-state index in [0.29, 0.717) is 17.8 Å². The van der Waals surface area contributed by atoms with E-state index in [1.54, 1.807) is 11.0 Å². The Morgan fingerprint density at radius 2 is 2.00 bits per heavy atom. The molecule has 114 valence electrons. The van der Waals surface area contributed by atoms with Gasteiger partial charge in [0.2, 0.25) is 5.91 Å². The molecule has 1 saturated heterocycles. The monoisotopic (exact) mass is 378 g/mol. The van der Waals surface area contributed by atoms with Crippen molar-refractivity contribution in [2.24, 2.45) is 0 Å². The minimum Gasteiger partial charge on any atom is -0.326 e. The van der Waals surface area contributed by atoms with Crippen LogP contribution in [0.4, 0.5) is 5.69 Å². The fourth-order valence-electron chi connectivity index (χ4n) is 2.58. The highest BCUT2D eigenvalue weighted by Crippen LogP contribution is 2.23. The number of anilines is 1. The van der Waals surface area contributed by atoms with E-state index in [0.717, 1.165) is 16.6 Å². The van der Waals surface area contributed by atoms with Crippen molar-refractivity contribution in [3.8, 4) is 0 Å².